The molecule has 1 amide bonds. The monoisotopic (exact) mass is 193 g/mol. The predicted molar refractivity (Wildman–Crippen MR) is 54.9 cm³/mol. The number of carbonyl (C=O) groups excluding carboxylic acids is 1. The molecule has 0 fully saturated rings. The molecule has 0 saturated carbocycles. The number of hydrogen-bond acceptors (Lipinski definition) is 2. The van der Waals surface area contributed by atoms with E-state index in [2.05, 4.69) is 5.32 Å². The second kappa shape index (κ2) is 5.27. The molecule has 0 aliphatic rings. The lowest BCUT2D eigenvalue weighted by atomic mass is 10.2. The Kier molecular flexibility index (Phi) is 3.98. The second-order valence-corrected chi connectivity index (χ2v) is 3.19. The largest absolute Gasteiger partial charge is 0.508 e. The van der Waals surface area contributed by atoms with Gasteiger partial charge in [-0.2, -0.15) is 0 Å². The third kappa shape index (κ3) is 3.47. The molecule has 2 N–H and O–H groups in total. The average molecular weight is 193 g/mol. The van der Waals surface area contributed by atoms with Gasteiger partial charge in [0.15, 0.2) is 0 Å². The van der Waals surface area contributed by atoms with Crippen molar-refractivity contribution < 1.29 is 9.90 Å². The third-order valence-corrected chi connectivity index (χ3v) is 1.90. The van der Waals surface area contributed by atoms with Gasteiger partial charge in [-0.25, -0.2) is 0 Å². The quantitative estimate of drug-likeness (QED) is 0.766. The molecule has 0 radical (unpaired) electrons. The van der Waals surface area contributed by atoms with Crippen LogP contribution < -0.4 is 5.32 Å². The highest BCUT2D eigenvalue weighted by molar-refractivity contribution is 5.75. The summed E-state index contributed by atoms with van der Waals surface area (Å²) in [6, 6.07) is 6.81. The number of aromatic hydroxyl groups is 1. The zero-order chi connectivity index (χ0) is 10.4. The van der Waals surface area contributed by atoms with Crippen LogP contribution >= 0.6 is 0 Å². The Labute approximate surface area is 83.8 Å². The van der Waals surface area contributed by atoms with Gasteiger partial charge in [0.2, 0.25) is 5.91 Å². The lowest BCUT2D eigenvalue weighted by molar-refractivity contribution is -0.121. The van der Waals surface area contributed by atoms with Crippen molar-refractivity contribution in [1.29, 1.82) is 0 Å². The summed E-state index contributed by atoms with van der Waals surface area (Å²) in [6.45, 7) is 2.50. The number of amides is 1. The minimum absolute atomic E-state index is 0.0700. The van der Waals surface area contributed by atoms with Crippen LogP contribution in [0.2, 0.25) is 0 Å². The molecule has 0 bridgehead atoms. The number of phenols is 1. The molecule has 0 aliphatic carbocycles. The zero-order valence-corrected chi connectivity index (χ0v) is 8.29. The standard InChI is InChI=1S/C11H15NO2/c1-2-3-11(14)12-8-9-4-6-10(13)7-5-9/h4-7,13H,2-3,8H2,1H3,(H,12,14). The van der Waals surface area contributed by atoms with Gasteiger partial charge in [0.05, 0.1) is 0 Å². The summed E-state index contributed by atoms with van der Waals surface area (Å²) in [6.07, 6.45) is 1.43. The molecule has 3 nitrogen and oxygen atoms in total. The fourth-order valence-corrected chi connectivity index (χ4v) is 1.13. The molecular weight excluding hydrogens is 178 g/mol. The van der Waals surface area contributed by atoms with Crippen molar-refractivity contribution in [2.75, 3.05) is 0 Å². The molecule has 1 rings (SSSR count). The van der Waals surface area contributed by atoms with E-state index in [-0.39, 0.29) is 11.7 Å². The van der Waals surface area contributed by atoms with Crippen LogP contribution in [0.15, 0.2) is 24.3 Å². The Morgan fingerprint density at radius 2 is 2.00 bits per heavy atom. The summed E-state index contributed by atoms with van der Waals surface area (Å²) < 4.78 is 0. The number of rotatable bonds is 4. The van der Waals surface area contributed by atoms with Crippen LogP contribution in [0, 0.1) is 0 Å². The normalized spacial score (nSPS) is 9.79. The van der Waals surface area contributed by atoms with E-state index in [1.807, 2.05) is 6.92 Å². The first-order chi connectivity index (χ1) is 6.72. The maximum absolute atomic E-state index is 11.1. The van der Waals surface area contributed by atoms with Gasteiger partial charge in [0, 0.05) is 13.0 Å². The molecule has 0 aliphatic heterocycles. The van der Waals surface area contributed by atoms with Gasteiger partial charge in [0.1, 0.15) is 5.75 Å². The van der Waals surface area contributed by atoms with Crippen LogP contribution in [0.5, 0.6) is 5.75 Å². The van der Waals surface area contributed by atoms with E-state index in [9.17, 15) is 4.79 Å². The minimum Gasteiger partial charge on any atom is -0.508 e. The highest BCUT2D eigenvalue weighted by atomic mass is 16.3. The molecule has 0 spiro atoms. The Morgan fingerprint density at radius 3 is 2.57 bits per heavy atom. The first kappa shape index (κ1) is 10.6. The van der Waals surface area contributed by atoms with Gasteiger partial charge >= 0.3 is 0 Å². The number of hydrogen-bond donors (Lipinski definition) is 2. The van der Waals surface area contributed by atoms with Gasteiger partial charge in [0.25, 0.3) is 0 Å². The maximum Gasteiger partial charge on any atom is 0.220 e. The fourth-order valence-electron chi connectivity index (χ4n) is 1.13. The molecule has 1 aromatic carbocycles. The van der Waals surface area contributed by atoms with E-state index in [0.717, 1.165) is 12.0 Å². The summed E-state index contributed by atoms with van der Waals surface area (Å²) in [5.41, 5.74) is 0.993. The van der Waals surface area contributed by atoms with Gasteiger partial charge in [-0.15, -0.1) is 0 Å². The Balaban J connectivity index is 2.38. The second-order valence-electron chi connectivity index (χ2n) is 3.19. The number of benzene rings is 1. The van der Waals surface area contributed by atoms with Crippen molar-refractivity contribution >= 4 is 5.91 Å². The van der Waals surface area contributed by atoms with Crippen molar-refractivity contribution in [2.45, 2.75) is 26.3 Å². The average Bonchev–Trinajstić information content (AvgIpc) is 2.17. The van der Waals surface area contributed by atoms with E-state index in [1.165, 1.54) is 0 Å². The van der Waals surface area contributed by atoms with Crippen LogP contribution in [0.3, 0.4) is 0 Å². The van der Waals surface area contributed by atoms with E-state index in [0.29, 0.717) is 13.0 Å². The maximum atomic E-state index is 11.1. The van der Waals surface area contributed by atoms with E-state index >= 15 is 0 Å². The van der Waals surface area contributed by atoms with Crippen LogP contribution in [0.25, 0.3) is 0 Å². The first-order valence-corrected chi connectivity index (χ1v) is 4.77. The van der Waals surface area contributed by atoms with Crippen LogP contribution in [-0.2, 0) is 11.3 Å². The van der Waals surface area contributed by atoms with Crippen molar-refractivity contribution in [1.82, 2.24) is 5.32 Å². The molecule has 0 unspecified atom stereocenters. The predicted octanol–water partition coefficient (Wildman–Crippen LogP) is 1.81. The minimum atomic E-state index is 0.0700. The van der Waals surface area contributed by atoms with Crippen molar-refractivity contribution in [3.05, 3.63) is 29.8 Å². The lowest BCUT2D eigenvalue weighted by Gasteiger charge is -2.04. The van der Waals surface area contributed by atoms with Gasteiger partial charge in [-0.1, -0.05) is 19.1 Å². The Hall–Kier alpha value is -1.51. The van der Waals surface area contributed by atoms with Crippen LogP contribution in [0.1, 0.15) is 25.3 Å². The summed E-state index contributed by atoms with van der Waals surface area (Å²) in [7, 11) is 0. The molecule has 14 heavy (non-hydrogen) atoms. The number of carbonyl (C=O) groups is 1. The Morgan fingerprint density at radius 1 is 1.36 bits per heavy atom. The zero-order valence-electron chi connectivity index (χ0n) is 8.29. The smallest absolute Gasteiger partial charge is 0.220 e. The molecule has 0 aromatic heterocycles. The highest BCUT2D eigenvalue weighted by Crippen LogP contribution is 2.09. The van der Waals surface area contributed by atoms with E-state index in [4.69, 9.17) is 5.11 Å². The SMILES string of the molecule is CCCC(=O)NCc1ccc(O)cc1. The van der Waals surface area contributed by atoms with Crippen LogP contribution in [0.4, 0.5) is 0 Å². The topological polar surface area (TPSA) is 49.3 Å². The third-order valence-electron chi connectivity index (χ3n) is 1.90. The molecule has 0 atom stereocenters. The van der Waals surface area contributed by atoms with Crippen LogP contribution in [-0.4, -0.2) is 11.0 Å². The van der Waals surface area contributed by atoms with Gasteiger partial charge in [-0.3, -0.25) is 4.79 Å². The molecular formula is C11H15NO2. The highest BCUT2D eigenvalue weighted by Gasteiger charge is 1.98. The molecule has 1 aromatic rings. The summed E-state index contributed by atoms with van der Waals surface area (Å²) >= 11 is 0. The molecule has 0 heterocycles. The summed E-state index contributed by atoms with van der Waals surface area (Å²) in [5.74, 6) is 0.314. The van der Waals surface area contributed by atoms with Gasteiger partial charge < -0.3 is 10.4 Å². The van der Waals surface area contributed by atoms with Crippen molar-refractivity contribution in [2.24, 2.45) is 0 Å². The van der Waals surface area contributed by atoms with Gasteiger partial charge in [-0.05, 0) is 24.1 Å². The van der Waals surface area contributed by atoms with E-state index in [1.54, 1.807) is 24.3 Å². The summed E-state index contributed by atoms with van der Waals surface area (Å²) in [5, 5.41) is 11.8. The van der Waals surface area contributed by atoms with Crippen molar-refractivity contribution in [3.8, 4) is 5.75 Å². The number of phenolic OH excluding ortho intramolecular Hbond substituents is 1. The summed E-state index contributed by atoms with van der Waals surface area (Å²) in [4.78, 5) is 11.1. The Bertz CT molecular complexity index is 293. The molecule has 0 saturated heterocycles. The van der Waals surface area contributed by atoms with Crippen molar-refractivity contribution in [3.63, 3.8) is 0 Å². The first-order valence-electron chi connectivity index (χ1n) is 4.77. The fraction of sp³-hybridized carbons (Fsp3) is 0.364. The molecule has 76 valence electrons. The van der Waals surface area contributed by atoms with E-state index < -0.39 is 0 Å². The molecule has 3 heteroatoms. The number of nitrogens with one attached hydrogen (secondary N) is 1. The lowest BCUT2D eigenvalue weighted by Crippen LogP contribution is -2.21.